The first kappa shape index (κ1) is 9.95. The van der Waals surface area contributed by atoms with Crippen molar-refractivity contribution >= 4 is 0 Å². The number of hydrogen-bond donors (Lipinski definition) is 3. The molecule has 13 heavy (non-hydrogen) atoms. The zero-order valence-corrected chi connectivity index (χ0v) is 7.29. The zero-order valence-electron chi connectivity index (χ0n) is 7.29. The lowest BCUT2D eigenvalue weighted by molar-refractivity contribution is 0.122. The molecule has 0 amide bonds. The summed E-state index contributed by atoms with van der Waals surface area (Å²) in [5.41, 5.74) is 2.38. The van der Waals surface area contributed by atoms with Crippen LogP contribution in [0.5, 0.6) is 5.75 Å². The molecule has 1 atom stereocenters. The lowest BCUT2D eigenvalue weighted by Crippen LogP contribution is -2.16. The summed E-state index contributed by atoms with van der Waals surface area (Å²) in [7, 11) is 0. The van der Waals surface area contributed by atoms with Gasteiger partial charge in [-0.15, -0.1) is 0 Å². The Morgan fingerprint density at radius 3 is 2.77 bits per heavy atom. The number of hydroxylamine groups is 1. The molecule has 1 rings (SSSR count). The maximum Gasteiger partial charge on any atom is 0.123 e. The third kappa shape index (κ3) is 2.17. The number of phenolic OH excluding ortho intramolecular Hbond substituents is 1. The fourth-order valence-corrected chi connectivity index (χ4v) is 1.19. The first-order valence-corrected chi connectivity index (χ1v) is 4.07. The van der Waals surface area contributed by atoms with Crippen LogP contribution in [0.2, 0.25) is 0 Å². The minimum atomic E-state index is -0.435. The second-order valence-corrected chi connectivity index (χ2v) is 2.79. The summed E-state index contributed by atoms with van der Waals surface area (Å²) in [5.74, 6) is -0.448. The van der Waals surface area contributed by atoms with Gasteiger partial charge < -0.3 is 10.3 Å². The van der Waals surface area contributed by atoms with E-state index >= 15 is 0 Å². The van der Waals surface area contributed by atoms with Crippen LogP contribution in [-0.4, -0.2) is 10.3 Å². The van der Waals surface area contributed by atoms with Crippen molar-refractivity contribution < 1.29 is 14.7 Å². The minimum absolute atomic E-state index is 0.0187. The van der Waals surface area contributed by atoms with E-state index in [1.54, 1.807) is 0 Å². The first-order chi connectivity index (χ1) is 6.19. The Bertz CT molecular complexity index is 287. The summed E-state index contributed by atoms with van der Waals surface area (Å²) in [6.07, 6.45) is 0.563. The SMILES string of the molecule is CC[C@H](NO)c1cc(F)ccc1O. The molecule has 0 unspecified atom stereocenters. The van der Waals surface area contributed by atoms with Crippen LogP contribution in [0.4, 0.5) is 4.39 Å². The molecule has 0 bridgehead atoms. The zero-order chi connectivity index (χ0) is 9.84. The minimum Gasteiger partial charge on any atom is -0.508 e. The smallest absolute Gasteiger partial charge is 0.123 e. The van der Waals surface area contributed by atoms with Gasteiger partial charge in [0.05, 0.1) is 6.04 Å². The van der Waals surface area contributed by atoms with E-state index in [0.717, 1.165) is 0 Å². The quantitative estimate of drug-likeness (QED) is 0.631. The number of rotatable bonds is 3. The van der Waals surface area contributed by atoms with Gasteiger partial charge in [0.1, 0.15) is 11.6 Å². The highest BCUT2D eigenvalue weighted by Gasteiger charge is 2.12. The normalized spacial score (nSPS) is 12.8. The maximum absolute atomic E-state index is 12.8. The molecule has 0 saturated carbocycles. The average Bonchev–Trinajstić information content (AvgIpc) is 2.13. The predicted molar refractivity (Wildman–Crippen MR) is 46.0 cm³/mol. The fourth-order valence-electron chi connectivity index (χ4n) is 1.19. The van der Waals surface area contributed by atoms with Crippen LogP contribution in [0.1, 0.15) is 24.9 Å². The number of nitrogens with one attached hydrogen (secondary N) is 1. The predicted octanol–water partition coefficient (Wildman–Crippen LogP) is 1.96. The highest BCUT2D eigenvalue weighted by atomic mass is 19.1. The van der Waals surface area contributed by atoms with Gasteiger partial charge in [-0.3, -0.25) is 0 Å². The van der Waals surface area contributed by atoms with Crippen molar-refractivity contribution in [3.05, 3.63) is 29.6 Å². The van der Waals surface area contributed by atoms with Gasteiger partial charge in [-0.2, -0.15) is 5.48 Å². The number of halogens is 1. The van der Waals surface area contributed by atoms with Crippen molar-refractivity contribution in [3.63, 3.8) is 0 Å². The van der Waals surface area contributed by atoms with Crippen LogP contribution >= 0.6 is 0 Å². The number of aromatic hydroxyl groups is 1. The molecule has 0 saturated heterocycles. The van der Waals surface area contributed by atoms with Gasteiger partial charge in [0.2, 0.25) is 0 Å². The van der Waals surface area contributed by atoms with E-state index in [4.69, 9.17) is 5.21 Å². The second-order valence-electron chi connectivity index (χ2n) is 2.79. The standard InChI is InChI=1S/C9H12FNO2/c1-2-8(11-13)7-5-6(10)3-4-9(7)12/h3-5,8,11-13H,2H2,1H3/t8-/m0/s1. The Hall–Kier alpha value is -1.13. The Kier molecular flexibility index (Phi) is 3.22. The lowest BCUT2D eigenvalue weighted by Gasteiger charge is -2.14. The summed E-state index contributed by atoms with van der Waals surface area (Å²) in [5, 5.41) is 18.1. The Labute approximate surface area is 75.8 Å². The molecule has 3 nitrogen and oxygen atoms in total. The monoisotopic (exact) mass is 185 g/mol. The van der Waals surface area contributed by atoms with Crippen LogP contribution < -0.4 is 5.48 Å². The van der Waals surface area contributed by atoms with E-state index in [1.165, 1.54) is 18.2 Å². The fraction of sp³-hybridized carbons (Fsp3) is 0.333. The summed E-state index contributed by atoms with van der Waals surface area (Å²) >= 11 is 0. The molecule has 4 heteroatoms. The van der Waals surface area contributed by atoms with Gasteiger partial charge in [0.15, 0.2) is 0 Å². The highest BCUT2D eigenvalue weighted by molar-refractivity contribution is 5.34. The van der Waals surface area contributed by atoms with Crippen LogP contribution in [-0.2, 0) is 0 Å². The van der Waals surface area contributed by atoms with Gasteiger partial charge in [0.25, 0.3) is 0 Å². The molecular weight excluding hydrogens is 173 g/mol. The molecule has 1 aromatic carbocycles. The van der Waals surface area contributed by atoms with Crippen LogP contribution in [0, 0.1) is 5.82 Å². The molecule has 3 N–H and O–H groups in total. The van der Waals surface area contributed by atoms with Gasteiger partial charge in [0, 0.05) is 5.56 Å². The molecule has 72 valence electrons. The van der Waals surface area contributed by atoms with Gasteiger partial charge in [-0.25, -0.2) is 4.39 Å². The van der Waals surface area contributed by atoms with E-state index in [9.17, 15) is 9.50 Å². The van der Waals surface area contributed by atoms with E-state index in [-0.39, 0.29) is 5.75 Å². The molecule has 0 aliphatic carbocycles. The molecule has 0 fully saturated rings. The van der Waals surface area contributed by atoms with Crippen molar-refractivity contribution in [2.45, 2.75) is 19.4 Å². The molecule has 0 aliphatic rings. The van der Waals surface area contributed by atoms with E-state index in [2.05, 4.69) is 0 Å². The molecule has 0 heterocycles. The average molecular weight is 185 g/mol. The Morgan fingerprint density at radius 1 is 1.54 bits per heavy atom. The third-order valence-electron chi connectivity index (χ3n) is 1.93. The summed E-state index contributed by atoms with van der Waals surface area (Å²) in [6, 6.07) is 3.20. The number of hydrogen-bond acceptors (Lipinski definition) is 3. The van der Waals surface area contributed by atoms with Crippen molar-refractivity contribution in [1.82, 2.24) is 5.48 Å². The summed E-state index contributed by atoms with van der Waals surface area (Å²) < 4.78 is 12.8. The maximum atomic E-state index is 12.8. The highest BCUT2D eigenvalue weighted by Crippen LogP contribution is 2.26. The molecule has 0 aliphatic heterocycles. The van der Waals surface area contributed by atoms with Crippen LogP contribution in [0.3, 0.4) is 0 Å². The van der Waals surface area contributed by atoms with Crippen LogP contribution in [0.25, 0.3) is 0 Å². The Balaban J connectivity index is 3.03. The van der Waals surface area contributed by atoms with Gasteiger partial charge in [-0.05, 0) is 24.6 Å². The van der Waals surface area contributed by atoms with E-state index in [1.807, 2.05) is 12.4 Å². The van der Waals surface area contributed by atoms with Crippen LogP contribution in [0.15, 0.2) is 18.2 Å². The molecule has 0 spiro atoms. The van der Waals surface area contributed by atoms with E-state index < -0.39 is 11.9 Å². The summed E-state index contributed by atoms with van der Waals surface area (Å²) in [6.45, 7) is 1.82. The molecule has 1 aromatic rings. The molecule has 0 aromatic heterocycles. The third-order valence-corrected chi connectivity index (χ3v) is 1.93. The molecular formula is C9H12FNO2. The van der Waals surface area contributed by atoms with Gasteiger partial charge >= 0.3 is 0 Å². The van der Waals surface area contributed by atoms with Crippen molar-refractivity contribution in [3.8, 4) is 5.75 Å². The van der Waals surface area contributed by atoms with Crippen molar-refractivity contribution in [2.24, 2.45) is 0 Å². The Morgan fingerprint density at radius 2 is 2.23 bits per heavy atom. The second kappa shape index (κ2) is 4.20. The lowest BCUT2D eigenvalue weighted by atomic mass is 10.0. The largest absolute Gasteiger partial charge is 0.508 e. The molecule has 0 radical (unpaired) electrons. The number of benzene rings is 1. The topological polar surface area (TPSA) is 52.5 Å². The number of phenols is 1. The van der Waals surface area contributed by atoms with E-state index in [0.29, 0.717) is 12.0 Å². The summed E-state index contributed by atoms with van der Waals surface area (Å²) in [4.78, 5) is 0. The first-order valence-electron chi connectivity index (χ1n) is 4.07. The van der Waals surface area contributed by atoms with Gasteiger partial charge in [-0.1, -0.05) is 6.92 Å². The van der Waals surface area contributed by atoms with Crippen molar-refractivity contribution in [2.75, 3.05) is 0 Å². The van der Waals surface area contributed by atoms with Crippen molar-refractivity contribution in [1.29, 1.82) is 0 Å².